The number of rotatable bonds is 2. The largest absolute Gasteiger partial charge is 0.370 e. The molecule has 8 heteroatoms. The second-order valence-corrected chi connectivity index (χ2v) is 8.68. The molecule has 3 fully saturated rings. The number of halogens is 1. The van der Waals surface area contributed by atoms with Crippen molar-refractivity contribution in [1.82, 2.24) is 20.2 Å². The molecule has 2 aromatic rings. The summed E-state index contributed by atoms with van der Waals surface area (Å²) in [6, 6.07) is 1.56. The standard InChI is InChI=1S/C21H26FN5O2/c22-17-11-14(26-9-5-21(6-10-26)3-7-23-8-4-21)13-27-19(17)16(12-24-27)15-1-2-18(28)25-20(15)29/h11-13,15,23H,1-10H2,(H,25,28,29). The first-order valence-electron chi connectivity index (χ1n) is 10.5. The molecule has 0 saturated carbocycles. The number of amides is 2. The highest BCUT2D eigenvalue weighted by Crippen LogP contribution is 2.41. The Balaban J connectivity index is 1.39. The van der Waals surface area contributed by atoms with Crippen LogP contribution in [0.3, 0.4) is 0 Å². The fourth-order valence-electron chi connectivity index (χ4n) is 5.20. The molecule has 29 heavy (non-hydrogen) atoms. The molecule has 3 saturated heterocycles. The Bertz CT molecular complexity index is 955. The SMILES string of the molecule is O=C1CCC(c2cnn3cc(N4CCC5(CCNCC5)CC4)cc(F)c23)C(=O)N1. The van der Waals surface area contributed by atoms with E-state index >= 15 is 4.39 Å². The Hall–Kier alpha value is -2.48. The smallest absolute Gasteiger partial charge is 0.234 e. The molecule has 2 N–H and O–H groups in total. The van der Waals surface area contributed by atoms with Gasteiger partial charge in [0.15, 0.2) is 5.82 Å². The molecule has 3 aliphatic rings. The van der Waals surface area contributed by atoms with Gasteiger partial charge in [-0.3, -0.25) is 14.9 Å². The molecular weight excluding hydrogens is 373 g/mol. The van der Waals surface area contributed by atoms with Crippen LogP contribution in [0.1, 0.15) is 50.0 Å². The highest BCUT2D eigenvalue weighted by Gasteiger charge is 2.36. The Morgan fingerprint density at radius 2 is 1.90 bits per heavy atom. The van der Waals surface area contributed by atoms with Crippen LogP contribution in [0.15, 0.2) is 18.5 Å². The number of anilines is 1. The first kappa shape index (κ1) is 18.5. The lowest BCUT2D eigenvalue weighted by atomic mass is 9.71. The van der Waals surface area contributed by atoms with Crippen molar-refractivity contribution >= 4 is 23.0 Å². The fourth-order valence-corrected chi connectivity index (χ4v) is 5.20. The van der Waals surface area contributed by atoms with Gasteiger partial charge in [0.25, 0.3) is 0 Å². The lowest BCUT2D eigenvalue weighted by Gasteiger charge is -2.45. The van der Waals surface area contributed by atoms with Gasteiger partial charge in [-0.2, -0.15) is 5.10 Å². The van der Waals surface area contributed by atoms with Gasteiger partial charge in [-0.05, 0) is 50.6 Å². The van der Waals surface area contributed by atoms with E-state index in [1.54, 1.807) is 16.8 Å². The van der Waals surface area contributed by atoms with Crippen LogP contribution in [0.4, 0.5) is 10.1 Å². The summed E-state index contributed by atoms with van der Waals surface area (Å²) in [7, 11) is 0. The molecule has 2 aromatic heterocycles. The normalized spacial score (nSPS) is 24.9. The number of pyridine rings is 1. The van der Waals surface area contributed by atoms with Gasteiger partial charge in [-0.25, -0.2) is 8.91 Å². The van der Waals surface area contributed by atoms with Crippen molar-refractivity contribution in [2.24, 2.45) is 5.41 Å². The number of carbonyl (C=O) groups is 2. The van der Waals surface area contributed by atoms with Crippen molar-refractivity contribution in [2.75, 3.05) is 31.1 Å². The number of aromatic nitrogens is 2. The Morgan fingerprint density at radius 1 is 1.14 bits per heavy atom. The van der Waals surface area contributed by atoms with Gasteiger partial charge < -0.3 is 10.2 Å². The van der Waals surface area contributed by atoms with Crippen LogP contribution in [0.2, 0.25) is 0 Å². The summed E-state index contributed by atoms with van der Waals surface area (Å²) in [5, 5.41) is 10.1. The van der Waals surface area contributed by atoms with E-state index in [0.29, 0.717) is 22.9 Å². The molecule has 3 aliphatic heterocycles. The summed E-state index contributed by atoms with van der Waals surface area (Å²) < 4.78 is 16.6. The summed E-state index contributed by atoms with van der Waals surface area (Å²) in [5.74, 6) is -1.56. The van der Waals surface area contributed by atoms with E-state index in [1.165, 1.54) is 12.8 Å². The minimum Gasteiger partial charge on any atom is -0.370 e. The molecule has 5 heterocycles. The van der Waals surface area contributed by atoms with Gasteiger partial charge in [-0.1, -0.05) is 0 Å². The van der Waals surface area contributed by atoms with Crippen molar-refractivity contribution in [3.05, 3.63) is 29.8 Å². The number of piperidine rings is 3. The van der Waals surface area contributed by atoms with Crippen LogP contribution in [-0.4, -0.2) is 47.6 Å². The number of carbonyl (C=O) groups excluding carboxylic acids is 2. The Kier molecular flexibility index (Phi) is 4.53. The van der Waals surface area contributed by atoms with E-state index in [4.69, 9.17) is 0 Å². The topological polar surface area (TPSA) is 78.7 Å². The molecule has 0 aromatic carbocycles. The van der Waals surface area contributed by atoms with Crippen molar-refractivity contribution < 1.29 is 14.0 Å². The second-order valence-electron chi connectivity index (χ2n) is 8.68. The molecule has 0 aliphatic carbocycles. The molecule has 0 bridgehead atoms. The summed E-state index contributed by atoms with van der Waals surface area (Å²) >= 11 is 0. The van der Waals surface area contributed by atoms with Crippen LogP contribution in [0.5, 0.6) is 0 Å². The number of nitrogens with one attached hydrogen (secondary N) is 2. The van der Waals surface area contributed by atoms with Crippen LogP contribution in [-0.2, 0) is 9.59 Å². The summed E-state index contributed by atoms with van der Waals surface area (Å²) in [6.07, 6.45) is 8.78. The van der Waals surface area contributed by atoms with Crippen LogP contribution in [0.25, 0.3) is 5.52 Å². The fraction of sp³-hybridized carbons (Fsp3) is 0.571. The van der Waals surface area contributed by atoms with Crippen LogP contribution >= 0.6 is 0 Å². The molecule has 7 nitrogen and oxygen atoms in total. The van der Waals surface area contributed by atoms with Crippen LogP contribution < -0.4 is 15.5 Å². The Morgan fingerprint density at radius 3 is 2.62 bits per heavy atom. The molecule has 1 unspecified atom stereocenters. The van der Waals surface area contributed by atoms with E-state index in [0.717, 1.165) is 44.7 Å². The quantitative estimate of drug-likeness (QED) is 0.755. The number of hydrogen-bond acceptors (Lipinski definition) is 5. The third-order valence-electron chi connectivity index (χ3n) is 7.05. The van der Waals surface area contributed by atoms with Gasteiger partial charge in [0.2, 0.25) is 11.8 Å². The summed E-state index contributed by atoms with van der Waals surface area (Å²) in [4.78, 5) is 25.9. The van der Waals surface area contributed by atoms with Crippen molar-refractivity contribution in [3.8, 4) is 0 Å². The lowest BCUT2D eigenvalue weighted by molar-refractivity contribution is -0.134. The zero-order valence-corrected chi connectivity index (χ0v) is 16.4. The zero-order valence-electron chi connectivity index (χ0n) is 16.4. The van der Waals surface area contributed by atoms with Crippen molar-refractivity contribution in [3.63, 3.8) is 0 Å². The van der Waals surface area contributed by atoms with E-state index < -0.39 is 5.92 Å². The monoisotopic (exact) mass is 399 g/mol. The predicted octanol–water partition coefficient (Wildman–Crippen LogP) is 1.96. The van der Waals surface area contributed by atoms with Crippen molar-refractivity contribution in [2.45, 2.75) is 44.4 Å². The number of imide groups is 1. The second kappa shape index (κ2) is 7.09. The summed E-state index contributed by atoms with van der Waals surface area (Å²) in [5.41, 5.74) is 2.15. The number of nitrogens with zero attached hydrogens (tertiary/aromatic N) is 3. The van der Waals surface area contributed by atoms with Gasteiger partial charge in [0.05, 0.1) is 24.0 Å². The minimum atomic E-state index is -0.541. The van der Waals surface area contributed by atoms with E-state index in [1.807, 2.05) is 6.20 Å². The average Bonchev–Trinajstić information content (AvgIpc) is 3.13. The number of fused-ring (bicyclic) bond motifs is 1. The van der Waals surface area contributed by atoms with Crippen LogP contribution in [0, 0.1) is 11.2 Å². The Labute approximate surface area is 168 Å². The predicted molar refractivity (Wildman–Crippen MR) is 106 cm³/mol. The zero-order chi connectivity index (χ0) is 20.0. The van der Waals surface area contributed by atoms with E-state index in [9.17, 15) is 9.59 Å². The van der Waals surface area contributed by atoms with E-state index in [2.05, 4.69) is 20.6 Å². The molecular formula is C21H26FN5O2. The minimum absolute atomic E-state index is 0.262. The third-order valence-corrected chi connectivity index (χ3v) is 7.05. The molecule has 5 rings (SSSR count). The van der Waals surface area contributed by atoms with E-state index in [-0.39, 0.29) is 24.1 Å². The first-order chi connectivity index (χ1) is 14.0. The highest BCUT2D eigenvalue weighted by atomic mass is 19.1. The highest BCUT2D eigenvalue weighted by molar-refractivity contribution is 6.01. The molecule has 0 radical (unpaired) electrons. The summed E-state index contributed by atoms with van der Waals surface area (Å²) in [6.45, 7) is 4.03. The molecule has 1 spiro atoms. The average molecular weight is 399 g/mol. The van der Waals surface area contributed by atoms with Gasteiger partial charge in [0, 0.05) is 31.1 Å². The van der Waals surface area contributed by atoms with Crippen molar-refractivity contribution in [1.29, 1.82) is 0 Å². The maximum atomic E-state index is 15.1. The van der Waals surface area contributed by atoms with Gasteiger partial charge in [0.1, 0.15) is 5.52 Å². The lowest BCUT2D eigenvalue weighted by Crippen LogP contribution is -2.45. The molecule has 154 valence electrons. The third kappa shape index (κ3) is 3.29. The number of hydrogen-bond donors (Lipinski definition) is 2. The van der Waals surface area contributed by atoms with Gasteiger partial charge in [-0.15, -0.1) is 0 Å². The molecule has 1 atom stereocenters. The van der Waals surface area contributed by atoms with Gasteiger partial charge >= 0.3 is 0 Å². The molecule has 2 amide bonds. The maximum absolute atomic E-state index is 15.1. The first-order valence-corrected chi connectivity index (χ1v) is 10.5. The maximum Gasteiger partial charge on any atom is 0.234 e.